The molecule has 1 aliphatic rings. The molecule has 0 saturated carbocycles. The Morgan fingerprint density at radius 1 is 1.03 bits per heavy atom. The van der Waals surface area contributed by atoms with E-state index in [4.69, 9.17) is 4.98 Å². The van der Waals surface area contributed by atoms with E-state index in [0.717, 1.165) is 28.1 Å². The molecule has 4 aromatic rings. The predicted molar refractivity (Wildman–Crippen MR) is 118 cm³/mol. The van der Waals surface area contributed by atoms with Crippen molar-refractivity contribution < 1.29 is 4.79 Å². The van der Waals surface area contributed by atoms with Crippen LogP contribution >= 0.6 is 0 Å². The molecule has 1 amide bonds. The molecule has 0 aliphatic carbocycles. The molecule has 7 nitrogen and oxygen atoms in total. The highest BCUT2D eigenvalue weighted by atomic mass is 16.2. The van der Waals surface area contributed by atoms with E-state index in [-0.39, 0.29) is 11.8 Å². The minimum atomic E-state index is 0.0351. The smallest absolute Gasteiger partial charge is 0.233 e. The third-order valence-electron chi connectivity index (χ3n) is 5.41. The Morgan fingerprint density at radius 2 is 1.87 bits per heavy atom. The first-order valence-corrected chi connectivity index (χ1v) is 10.3. The first-order chi connectivity index (χ1) is 15.1. The van der Waals surface area contributed by atoms with Gasteiger partial charge in [-0.2, -0.15) is 5.10 Å². The van der Waals surface area contributed by atoms with E-state index in [9.17, 15) is 4.79 Å². The standard InChI is InChI=1S/C24H22N6O/c1-16(2)22-20(5-3-10-25-22)23-26-14-18-13-21(31)29(24(18)28-23)15-17-6-8-19(9-7-17)30-12-4-11-27-30/h3-12,14,16H,13,15H2,1-2H3. The fourth-order valence-electron chi connectivity index (χ4n) is 3.85. The molecule has 0 unspecified atom stereocenters. The van der Waals surface area contributed by atoms with Crippen molar-refractivity contribution in [2.75, 3.05) is 4.90 Å². The van der Waals surface area contributed by atoms with E-state index in [1.807, 2.05) is 48.7 Å². The topological polar surface area (TPSA) is 76.8 Å². The number of aromatic nitrogens is 5. The van der Waals surface area contributed by atoms with Gasteiger partial charge in [-0.25, -0.2) is 14.6 Å². The van der Waals surface area contributed by atoms with Gasteiger partial charge in [0.1, 0.15) is 5.82 Å². The van der Waals surface area contributed by atoms with E-state index in [1.54, 1.807) is 28.2 Å². The Morgan fingerprint density at radius 3 is 2.61 bits per heavy atom. The van der Waals surface area contributed by atoms with Gasteiger partial charge in [-0.15, -0.1) is 0 Å². The van der Waals surface area contributed by atoms with Crippen LogP contribution in [0, 0.1) is 0 Å². The summed E-state index contributed by atoms with van der Waals surface area (Å²) in [7, 11) is 0. The number of nitrogens with zero attached hydrogens (tertiary/aromatic N) is 6. The Balaban J connectivity index is 1.45. The fraction of sp³-hybridized carbons (Fsp3) is 0.208. The minimum absolute atomic E-state index is 0.0351. The van der Waals surface area contributed by atoms with Crippen LogP contribution < -0.4 is 4.90 Å². The van der Waals surface area contributed by atoms with Crippen molar-refractivity contribution >= 4 is 11.7 Å². The zero-order valence-corrected chi connectivity index (χ0v) is 17.4. The fourth-order valence-corrected chi connectivity index (χ4v) is 3.85. The van der Waals surface area contributed by atoms with Crippen LogP contribution in [0.3, 0.4) is 0 Å². The molecule has 0 atom stereocenters. The summed E-state index contributed by atoms with van der Waals surface area (Å²) < 4.78 is 1.81. The summed E-state index contributed by atoms with van der Waals surface area (Å²) in [6.07, 6.45) is 7.53. The third-order valence-corrected chi connectivity index (χ3v) is 5.41. The molecular weight excluding hydrogens is 388 g/mol. The van der Waals surface area contributed by atoms with Gasteiger partial charge in [-0.1, -0.05) is 26.0 Å². The number of hydrogen-bond acceptors (Lipinski definition) is 5. The second kappa shape index (κ2) is 7.75. The normalized spacial score (nSPS) is 13.1. The van der Waals surface area contributed by atoms with Gasteiger partial charge in [0, 0.05) is 35.9 Å². The Hall–Kier alpha value is -3.87. The van der Waals surface area contributed by atoms with Gasteiger partial charge >= 0.3 is 0 Å². The largest absolute Gasteiger partial charge is 0.292 e. The zero-order valence-electron chi connectivity index (χ0n) is 17.4. The van der Waals surface area contributed by atoms with Gasteiger partial charge in [0.15, 0.2) is 5.82 Å². The second-order valence-electron chi connectivity index (χ2n) is 7.91. The Labute approximate surface area is 180 Å². The van der Waals surface area contributed by atoms with Crippen molar-refractivity contribution in [3.8, 4) is 17.1 Å². The van der Waals surface area contributed by atoms with E-state index in [0.29, 0.717) is 24.6 Å². The number of fused-ring (bicyclic) bond motifs is 1. The minimum Gasteiger partial charge on any atom is -0.292 e. The number of carbonyl (C=O) groups is 1. The molecule has 0 spiro atoms. The van der Waals surface area contributed by atoms with E-state index < -0.39 is 0 Å². The zero-order chi connectivity index (χ0) is 21.4. The molecule has 4 heterocycles. The number of amides is 1. The number of hydrogen-bond donors (Lipinski definition) is 0. The number of benzene rings is 1. The first-order valence-electron chi connectivity index (χ1n) is 10.3. The SMILES string of the molecule is CC(C)c1ncccc1-c1ncc2c(n1)N(Cc1ccc(-n3cccn3)cc1)C(=O)C2. The molecule has 0 fully saturated rings. The lowest BCUT2D eigenvalue weighted by molar-refractivity contribution is -0.117. The van der Waals surface area contributed by atoms with Crippen molar-refractivity contribution in [3.05, 3.63) is 84.1 Å². The quantitative estimate of drug-likeness (QED) is 0.498. The summed E-state index contributed by atoms with van der Waals surface area (Å²) in [5.74, 6) is 1.57. The molecule has 7 heteroatoms. The maximum Gasteiger partial charge on any atom is 0.233 e. The number of carbonyl (C=O) groups excluding carboxylic acids is 1. The van der Waals surface area contributed by atoms with Gasteiger partial charge in [0.05, 0.1) is 24.3 Å². The molecule has 31 heavy (non-hydrogen) atoms. The van der Waals surface area contributed by atoms with Gasteiger partial charge in [0.2, 0.25) is 5.91 Å². The van der Waals surface area contributed by atoms with Crippen LogP contribution in [0.5, 0.6) is 0 Å². The molecule has 3 aromatic heterocycles. The molecule has 1 aliphatic heterocycles. The molecule has 5 rings (SSSR count). The van der Waals surface area contributed by atoms with Crippen molar-refractivity contribution in [1.29, 1.82) is 0 Å². The highest BCUT2D eigenvalue weighted by Gasteiger charge is 2.30. The summed E-state index contributed by atoms with van der Waals surface area (Å²) in [5, 5.41) is 4.25. The van der Waals surface area contributed by atoms with Crippen LogP contribution in [0.2, 0.25) is 0 Å². The van der Waals surface area contributed by atoms with E-state index >= 15 is 0 Å². The third kappa shape index (κ3) is 3.59. The monoisotopic (exact) mass is 410 g/mol. The molecule has 1 aromatic carbocycles. The number of rotatable bonds is 5. The summed E-state index contributed by atoms with van der Waals surface area (Å²) in [4.78, 5) is 28.3. The molecule has 0 bridgehead atoms. The van der Waals surface area contributed by atoms with Crippen LogP contribution in [-0.2, 0) is 17.8 Å². The van der Waals surface area contributed by atoms with Gasteiger partial charge < -0.3 is 0 Å². The highest BCUT2D eigenvalue weighted by Crippen LogP contribution is 2.32. The van der Waals surface area contributed by atoms with Crippen molar-refractivity contribution in [1.82, 2.24) is 24.7 Å². The summed E-state index contributed by atoms with van der Waals surface area (Å²) in [6.45, 7) is 4.66. The van der Waals surface area contributed by atoms with E-state index in [1.165, 1.54) is 0 Å². The average molecular weight is 410 g/mol. The second-order valence-corrected chi connectivity index (χ2v) is 7.91. The maximum absolute atomic E-state index is 12.7. The van der Waals surface area contributed by atoms with Gasteiger partial charge in [0.25, 0.3) is 0 Å². The number of anilines is 1. The van der Waals surface area contributed by atoms with Crippen molar-refractivity contribution in [3.63, 3.8) is 0 Å². The van der Waals surface area contributed by atoms with Gasteiger partial charge in [-0.05, 0) is 41.8 Å². The van der Waals surface area contributed by atoms with Crippen LogP contribution in [-0.4, -0.2) is 30.6 Å². The van der Waals surface area contributed by atoms with Crippen molar-refractivity contribution in [2.24, 2.45) is 0 Å². The van der Waals surface area contributed by atoms with Crippen LogP contribution in [0.15, 0.2) is 67.3 Å². The first kappa shape index (κ1) is 19.1. The lowest BCUT2D eigenvalue weighted by atomic mass is 10.0. The van der Waals surface area contributed by atoms with E-state index in [2.05, 4.69) is 28.9 Å². The lowest BCUT2D eigenvalue weighted by Crippen LogP contribution is -2.26. The number of pyridine rings is 1. The highest BCUT2D eigenvalue weighted by molar-refractivity contribution is 6.00. The Bertz CT molecular complexity index is 1230. The summed E-state index contributed by atoms with van der Waals surface area (Å²) >= 11 is 0. The predicted octanol–water partition coefficient (Wildman–Crippen LogP) is 3.94. The average Bonchev–Trinajstić information content (AvgIpc) is 3.43. The van der Waals surface area contributed by atoms with Crippen LogP contribution in [0.1, 0.15) is 36.6 Å². The summed E-state index contributed by atoms with van der Waals surface area (Å²) in [6, 6.07) is 13.8. The maximum atomic E-state index is 12.7. The summed E-state index contributed by atoms with van der Waals surface area (Å²) in [5.41, 5.74) is 4.72. The Kier molecular flexibility index (Phi) is 4.78. The molecule has 154 valence electrons. The molecule has 0 radical (unpaired) electrons. The lowest BCUT2D eigenvalue weighted by Gasteiger charge is -2.18. The van der Waals surface area contributed by atoms with Crippen molar-refractivity contribution in [2.45, 2.75) is 32.7 Å². The van der Waals surface area contributed by atoms with Gasteiger partial charge in [-0.3, -0.25) is 14.7 Å². The van der Waals surface area contributed by atoms with Crippen LogP contribution in [0.25, 0.3) is 17.1 Å². The molecule has 0 saturated heterocycles. The molecular formula is C24H22N6O. The van der Waals surface area contributed by atoms with Crippen LogP contribution in [0.4, 0.5) is 5.82 Å². The molecule has 0 N–H and O–H groups in total.